The summed E-state index contributed by atoms with van der Waals surface area (Å²) in [6, 6.07) is 0. The fourth-order valence-corrected chi connectivity index (χ4v) is 3.58. The summed E-state index contributed by atoms with van der Waals surface area (Å²) < 4.78 is 5.45. The molecule has 1 aliphatic carbocycles. The molecule has 1 N–H and O–H groups in total. The van der Waals surface area contributed by atoms with Crippen molar-refractivity contribution in [1.82, 2.24) is 5.32 Å². The van der Waals surface area contributed by atoms with Gasteiger partial charge in [-0.3, -0.25) is 9.59 Å². The maximum atomic E-state index is 12.4. The molecule has 5 heteroatoms. The first-order valence-corrected chi connectivity index (χ1v) is 10.2. The van der Waals surface area contributed by atoms with Crippen LogP contribution in [0.2, 0.25) is 0 Å². The quantitative estimate of drug-likeness (QED) is 0.562. The molecule has 5 nitrogen and oxygen atoms in total. The standard InChI is InChI=1S/C21H36NO4/c1-5-7-16(6-2)12-13-19(24)22-21(3,4)20(25)26-15-18-10-8-17(14-23)9-11-18/h16-18H,5-13,15H2,1-4H3,(H,22,24). The van der Waals surface area contributed by atoms with Crippen LogP contribution in [-0.2, 0) is 19.1 Å². The Morgan fingerprint density at radius 2 is 1.81 bits per heavy atom. The topological polar surface area (TPSA) is 72.5 Å². The van der Waals surface area contributed by atoms with Crippen LogP contribution in [0.5, 0.6) is 0 Å². The Morgan fingerprint density at radius 3 is 2.35 bits per heavy atom. The molecular weight excluding hydrogens is 330 g/mol. The van der Waals surface area contributed by atoms with Crippen molar-refractivity contribution in [2.24, 2.45) is 17.8 Å². The van der Waals surface area contributed by atoms with E-state index in [1.807, 2.05) is 0 Å². The molecule has 0 aromatic heterocycles. The van der Waals surface area contributed by atoms with E-state index in [1.54, 1.807) is 13.8 Å². The first kappa shape index (κ1) is 22.7. The summed E-state index contributed by atoms with van der Waals surface area (Å²) in [7, 11) is 0. The summed E-state index contributed by atoms with van der Waals surface area (Å²) in [4.78, 5) is 35.2. The Labute approximate surface area is 158 Å². The van der Waals surface area contributed by atoms with Crippen molar-refractivity contribution >= 4 is 18.2 Å². The Balaban J connectivity index is 2.35. The third-order valence-electron chi connectivity index (χ3n) is 5.48. The van der Waals surface area contributed by atoms with Gasteiger partial charge in [0.2, 0.25) is 12.2 Å². The summed E-state index contributed by atoms with van der Waals surface area (Å²) >= 11 is 0. The molecule has 0 aliphatic heterocycles. The zero-order chi connectivity index (χ0) is 19.6. The van der Waals surface area contributed by atoms with Crippen molar-refractivity contribution in [1.29, 1.82) is 0 Å². The van der Waals surface area contributed by atoms with Crippen molar-refractivity contribution in [2.75, 3.05) is 6.61 Å². The van der Waals surface area contributed by atoms with Crippen LogP contribution >= 0.6 is 0 Å². The Bertz CT molecular complexity index is 453. The number of amides is 1. The molecule has 1 fully saturated rings. The van der Waals surface area contributed by atoms with Gasteiger partial charge in [0.05, 0.1) is 6.61 Å². The predicted octanol–water partition coefficient (Wildman–Crippen LogP) is 3.95. The highest BCUT2D eigenvalue weighted by Crippen LogP contribution is 2.28. The zero-order valence-electron chi connectivity index (χ0n) is 16.9. The van der Waals surface area contributed by atoms with Crippen LogP contribution in [0.25, 0.3) is 0 Å². The molecular formula is C21H36NO4. The summed E-state index contributed by atoms with van der Waals surface area (Å²) in [5.74, 6) is 0.422. The van der Waals surface area contributed by atoms with Gasteiger partial charge in [0.15, 0.2) is 0 Å². The normalized spacial score (nSPS) is 21.7. The lowest BCUT2D eigenvalue weighted by Crippen LogP contribution is -2.51. The van der Waals surface area contributed by atoms with Crippen molar-refractivity contribution in [2.45, 2.75) is 91.0 Å². The molecule has 26 heavy (non-hydrogen) atoms. The van der Waals surface area contributed by atoms with Gasteiger partial charge >= 0.3 is 5.97 Å². The lowest BCUT2D eigenvalue weighted by Gasteiger charge is -2.28. The maximum absolute atomic E-state index is 12.4. The minimum atomic E-state index is -1.02. The highest BCUT2D eigenvalue weighted by molar-refractivity contribution is 5.87. The van der Waals surface area contributed by atoms with Gasteiger partial charge in [0.1, 0.15) is 5.54 Å². The molecule has 1 aliphatic rings. The molecule has 0 spiro atoms. The van der Waals surface area contributed by atoms with Gasteiger partial charge in [0, 0.05) is 12.3 Å². The largest absolute Gasteiger partial charge is 0.464 e. The first-order valence-electron chi connectivity index (χ1n) is 10.2. The van der Waals surface area contributed by atoms with Crippen LogP contribution in [0.1, 0.15) is 85.5 Å². The second kappa shape index (κ2) is 11.3. The summed E-state index contributed by atoms with van der Waals surface area (Å²) in [5, 5.41) is 2.82. The molecule has 1 unspecified atom stereocenters. The van der Waals surface area contributed by atoms with Gasteiger partial charge in [0.25, 0.3) is 0 Å². The highest BCUT2D eigenvalue weighted by Gasteiger charge is 2.32. The number of nitrogens with one attached hydrogen (secondary N) is 1. The molecule has 0 aromatic rings. The van der Waals surface area contributed by atoms with Crippen molar-refractivity contribution in [3.8, 4) is 0 Å². The number of hydrogen-bond donors (Lipinski definition) is 1. The van der Waals surface area contributed by atoms with Crippen LogP contribution in [0.15, 0.2) is 0 Å². The molecule has 0 saturated heterocycles. The maximum Gasteiger partial charge on any atom is 0.331 e. The number of carbonyl (C=O) groups is 2. The second-order valence-corrected chi connectivity index (χ2v) is 8.21. The highest BCUT2D eigenvalue weighted by atomic mass is 16.5. The van der Waals surface area contributed by atoms with Crippen molar-refractivity contribution < 1.29 is 19.1 Å². The number of rotatable bonds is 11. The van der Waals surface area contributed by atoms with Crippen LogP contribution < -0.4 is 5.32 Å². The van der Waals surface area contributed by atoms with Crippen LogP contribution in [0.3, 0.4) is 0 Å². The molecule has 0 bridgehead atoms. The fraction of sp³-hybridized carbons (Fsp3) is 0.857. The van der Waals surface area contributed by atoms with E-state index in [-0.39, 0.29) is 11.8 Å². The molecule has 0 heterocycles. The van der Waals surface area contributed by atoms with Crippen LogP contribution in [0.4, 0.5) is 0 Å². The van der Waals surface area contributed by atoms with Gasteiger partial charge in [-0.15, -0.1) is 0 Å². The summed E-state index contributed by atoms with van der Waals surface area (Å²) in [6.45, 7) is 8.05. The van der Waals surface area contributed by atoms with E-state index in [0.29, 0.717) is 24.9 Å². The lowest BCUT2D eigenvalue weighted by molar-refractivity contribution is -0.154. The van der Waals surface area contributed by atoms with Gasteiger partial charge in [-0.05, 0) is 57.8 Å². The van der Waals surface area contributed by atoms with Crippen LogP contribution in [-0.4, -0.2) is 30.3 Å². The number of ether oxygens (including phenoxy) is 1. The zero-order valence-corrected chi connectivity index (χ0v) is 16.9. The molecule has 0 aromatic carbocycles. The lowest BCUT2D eigenvalue weighted by atomic mass is 9.83. The summed E-state index contributed by atoms with van der Waals surface area (Å²) in [5.41, 5.74) is -1.02. The number of esters is 1. The van der Waals surface area contributed by atoms with Gasteiger partial charge < -0.3 is 10.1 Å². The van der Waals surface area contributed by atoms with Crippen molar-refractivity contribution in [3.63, 3.8) is 0 Å². The molecule has 1 saturated carbocycles. The van der Waals surface area contributed by atoms with E-state index in [9.17, 15) is 14.4 Å². The average molecular weight is 367 g/mol. The van der Waals surface area contributed by atoms with E-state index in [4.69, 9.17) is 4.74 Å². The van der Waals surface area contributed by atoms with E-state index >= 15 is 0 Å². The minimum Gasteiger partial charge on any atom is -0.464 e. The predicted molar refractivity (Wildman–Crippen MR) is 102 cm³/mol. The molecule has 149 valence electrons. The molecule has 1 atom stereocenters. The molecule has 1 rings (SSSR count). The van der Waals surface area contributed by atoms with Crippen molar-refractivity contribution in [3.05, 3.63) is 0 Å². The fourth-order valence-electron chi connectivity index (χ4n) is 3.58. The van der Waals surface area contributed by atoms with E-state index < -0.39 is 11.5 Å². The van der Waals surface area contributed by atoms with Gasteiger partial charge in [-0.2, -0.15) is 0 Å². The SMILES string of the molecule is CCCC(CC)CCC(=O)NC(C)(C)C(=O)OCC1CCC([C]=O)CC1. The van der Waals surface area contributed by atoms with E-state index in [1.165, 1.54) is 0 Å². The van der Waals surface area contributed by atoms with Gasteiger partial charge in [-0.1, -0.05) is 33.1 Å². The van der Waals surface area contributed by atoms with E-state index in [2.05, 4.69) is 25.5 Å². The van der Waals surface area contributed by atoms with E-state index in [0.717, 1.165) is 51.4 Å². The minimum absolute atomic E-state index is 0.0392. The third kappa shape index (κ3) is 7.88. The summed E-state index contributed by atoms with van der Waals surface area (Å²) in [6.07, 6.45) is 10.1. The average Bonchev–Trinajstić information content (AvgIpc) is 2.63. The Morgan fingerprint density at radius 1 is 1.15 bits per heavy atom. The molecule has 1 radical (unpaired) electrons. The number of hydrogen-bond acceptors (Lipinski definition) is 4. The first-order chi connectivity index (χ1) is 12.3. The number of carbonyl (C=O) groups excluding carboxylic acids is 3. The third-order valence-corrected chi connectivity index (χ3v) is 5.48. The second-order valence-electron chi connectivity index (χ2n) is 8.21. The Hall–Kier alpha value is -1.39. The monoisotopic (exact) mass is 366 g/mol. The van der Waals surface area contributed by atoms with Crippen LogP contribution in [0, 0.1) is 17.8 Å². The smallest absolute Gasteiger partial charge is 0.331 e. The molecule has 1 amide bonds. The Kier molecular flexibility index (Phi) is 9.89. The van der Waals surface area contributed by atoms with Gasteiger partial charge in [-0.25, -0.2) is 4.79 Å².